The fourth-order valence-electron chi connectivity index (χ4n) is 5.89. The first-order valence-electron chi connectivity index (χ1n) is 13.6. The Morgan fingerprint density at radius 3 is 1.43 bits per heavy atom. The molecular weight excluding hydrogens is 601 g/mol. The number of rotatable bonds is 8. The molecule has 3 aliphatic heterocycles. The summed E-state index contributed by atoms with van der Waals surface area (Å²) in [7, 11) is -0.555. The van der Waals surface area contributed by atoms with E-state index in [9.17, 15) is 0 Å². The van der Waals surface area contributed by atoms with Gasteiger partial charge in [-0.25, -0.2) is 0 Å². The minimum atomic E-state index is -3.32. The molecule has 3 aromatic rings. The monoisotopic (exact) mass is 641 g/mol. The molecule has 3 saturated heterocycles. The van der Waals surface area contributed by atoms with E-state index >= 15 is 0 Å². The third kappa shape index (κ3) is 6.37. The molecule has 196 valence electrons. The summed E-state index contributed by atoms with van der Waals surface area (Å²) < 4.78 is 24.4. The van der Waals surface area contributed by atoms with Gasteiger partial charge in [0.25, 0.3) is 0 Å². The van der Waals surface area contributed by atoms with Crippen molar-refractivity contribution in [3.05, 3.63) is 91.0 Å². The van der Waals surface area contributed by atoms with Crippen molar-refractivity contribution in [3.8, 4) is 0 Å². The topological polar surface area (TPSA) is 30.9 Å². The van der Waals surface area contributed by atoms with E-state index in [-0.39, 0.29) is 18.3 Å². The Labute approximate surface area is 230 Å². The van der Waals surface area contributed by atoms with Crippen molar-refractivity contribution in [1.82, 2.24) is 4.90 Å². The van der Waals surface area contributed by atoms with E-state index in [1.54, 1.807) is 0 Å². The van der Waals surface area contributed by atoms with Gasteiger partial charge in [-0.3, -0.25) is 0 Å². The summed E-state index contributed by atoms with van der Waals surface area (Å²) >= 11 is -3.32. The fourth-order valence-corrected chi connectivity index (χ4v) is 29.8. The van der Waals surface area contributed by atoms with Gasteiger partial charge in [-0.1, -0.05) is 0 Å². The molecule has 4 nitrogen and oxygen atoms in total. The van der Waals surface area contributed by atoms with Gasteiger partial charge in [0, 0.05) is 0 Å². The van der Waals surface area contributed by atoms with E-state index in [4.69, 9.17) is 13.3 Å². The normalized spacial score (nSPS) is 28.3. The Kier molecular flexibility index (Phi) is 9.17. The Morgan fingerprint density at radius 2 is 1.05 bits per heavy atom. The van der Waals surface area contributed by atoms with E-state index < -0.39 is 25.8 Å². The molecule has 0 aliphatic carbocycles. The van der Waals surface area contributed by atoms with Crippen molar-refractivity contribution in [2.24, 2.45) is 0 Å². The fraction of sp³-hybridized carbons (Fsp3) is 0.400. The maximum atomic E-state index is 6.64. The molecule has 0 saturated carbocycles. The van der Waals surface area contributed by atoms with E-state index in [1.807, 2.05) is 0 Å². The van der Waals surface area contributed by atoms with Crippen LogP contribution >= 0.6 is 8.95 Å². The maximum absolute atomic E-state index is 6.64. The first-order valence-corrected chi connectivity index (χ1v) is 24.2. The summed E-state index contributed by atoms with van der Waals surface area (Å²) in [6.07, 6.45) is 1.43. The molecule has 0 aromatic heterocycles. The summed E-state index contributed by atoms with van der Waals surface area (Å²) in [5.74, 6) is 1.06. The summed E-state index contributed by atoms with van der Waals surface area (Å²) in [6, 6.07) is 34.6. The third-order valence-electron chi connectivity index (χ3n) is 7.17. The van der Waals surface area contributed by atoms with Crippen LogP contribution in [0.2, 0.25) is 6.04 Å². The molecule has 3 aromatic carbocycles. The standard InChI is InChI=1S/C12H25NO3SSi.3C6H5.Sn/c1-10-7-13-8-11(2)15-18(14-10,6-4-5-17)16-12(3)9-13;3*1-2-4-6-5-3-1;/h10-12,17H,4-9H2,1-3H3;3*1-5H;/q;;;;+1/p-1. The van der Waals surface area contributed by atoms with Crippen LogP contribution in [0.4, 0.5) is 0 Å². The molecule has 0 spiro atoms. The summed E-state index contributed by atoms with van der Waals surface area (Å²) in [4.78, 5) is 2.43. The zero-order chi connectivity index (χ0) is 25.7. The molecule has 3 atom stereocenters. The van der Waals surface area contributed by atoms with Crippen LogP contribution in [0.1, 0.15) is 27.2 Å². The van der Waals surface area contributed by atoms with Crippen LogP contribution in [0.25, 0.3) is 0 Å². The van der Waals surface area contributed by atoms with Gasteiger partial charge >= 0.3 is 232 Å². The predicted octanol–water partition coefficient (Wildman–Crippen LogP) is 4.26. The first kappa shape index (κ1) is 27.4. The second kappa shape index (κ2) is 12.4. The Morgan fingerprint density at radius 1 is 0.676 bits per heavy atom. The van der Waals surface area contributed by atoms with Crippen LogP contribution in [0.3, 0.4) is 0 Å². The van der Waals surface area contributed by atoms with Gasteiger partial charge in [0.1, 0.15) is 0 Å². The van der Waals surface area contributed by atoms with E-state index in [2.05, 4.69) is 126 Å². The summed E-state index contributed by atoms with van der Waals surface area (Å²) in [6.45, 7) is 9.39. The molecule has 3 heterocycles. The van der Waals surface area contributed by atoms with Crippen molar-refractivity contribution in [3.63, 3.8) is 0 Å². The average Bonchev–Trinajstić information content (AvgIpc) is 2.88. The van der Waals surface area contributed by atoms with E-state index in [1.165, 1.54) is 10.7 Å². The molecule has 7 heteroatoms. The zero-order valence-electron chi connectivity index (χ0n) is 22.2. The van der Waals surface area contributed by atoms with Crippen molar-refractivity contribution in [1.29, 1.82) is 0 Å². The van der Waals surface area contributed by atoms with Gasteiger partial charge in [0.05, 0.1) is 0 Å². The minimum absolute atomic E-state index is 0.135. The molecule has 0 N–H and O–H groups in total. The predicted molar refractivity (Wildman–Crippen MR) is 160 cm³/mol. The molecule has 2 bridgehead atoms. The molecule has 3 aliphatic rings. The van der Waals surface area contributed by atoms with Gasteiger partial charge < -0.3 is 0 Å². The SMILES string of the molecule is CC1CN2CC(C)O[Si](CCC[S][Sn]([c]3ccccc3)([c]3ccccc3)[c]3ccccc3)(O1)OC(C)C2. The zero-order valence-corrected chi connectivity index (χ0v) is 26.9. The molecule has 0 radical (unpaired) electrons. The Bertz CT molecular complexity index is 991. The number of nitrogens with zero attached hydrogens (tertiary/aromatic N) is 1. The second-order valence-corrected chi connectivity index (χ2v) is 29.1. The Balaban J connectivity index is 1.42. The van der Waals surface area contributed by atoms with Crippen LogP contribution in [0.15, 0.2) is 91.0 Å². The average molecular weight is 641 g/mol. The summed E-state index contributed by atoms with van der Waals surface area (Å²) in [5, 5.41) is 0. The van der Waals surface area contributed by atoms with Crippen molar-refractivity contribution in [2.45, 2.75) is 51.5 Å². The van der Waals surface area contributed by atoms with Crippen LogP contribution < -0.4 is 10.7 Å². The molecule has 37 heavy (non-hydrogen) atoms. The number of hydrogen-bond donors (Lipinski definition) is 0. The van der Waals surface area contributed by atoms with Gasteiger partial charge in [0.2, 0.25) is 0 Å². The van der Waals surface area contributed by atoms with Crippen LogP contribution in [0, 0.1) is 0 Å². The van der Waals surface area contributed by atoms with Gasteiger partial charge in [-0.05, 0) is 0 Å². The van der Waals surface area contributed by atoms with Crippen molar-refractivity contribution >= 4 is 45.5 Å². The first-order chi connectivity index (χ1) is 18.0. The number of benzene rings is 3. The quantitative estimate of drug-likeness (QED) is 0.272. The van der Waals surface area contributed by atoms with Crippen molar-refractivity contribution in [2.75, 3.05) is 25.4 Å². The van der Waals surface area contributed by atoms with Gasteiger partial charge in [-0.15, -0.1) is 0 Å². The number of fused-ring (bicyclic) bond motifs is 6. The molecule has 0 amide bonds. The molecule has 6 rings (SSSR count). The van der Waals surface area contributed by atoms with Gasteiger partial charge in [0.15, 0.2) is 0 Å². The number of hydrogen-bond acceptors (Lipinski definition) is 5. The Hall–Kier alpha value is -1.13. The van der Waals surface area contributed by atoms with Crippen LogP contribution in [-0.2, 0) is 13.3 Å². The third-order valence-corrected chi connectivity index (χ3v) is 31.4. The molecule has 3 fully saturated rings. The van der Waals surface area contributed by atoms with Crippen molar-refractivity contribution < 1.29 is 13.3 Å². The molecule has 3 unspecified atom stereocenters. The van der Waals surface area contributed by atoms with Crippen LogP contribution in [0.5, 0.6) is 0 Å². The second-order valence-electron chi connectivity index (χ2n) is 10.4. The summed E-state index contributed by atoms with van der Waals surface area (Å²) in [5.41, 5.74) is 0. The van der Waals surface area contributed by atoms with Crippen LogP contribution in [-0.4, -0.2) is 74.4 Å². The van der Waals surface area contributed by atoms with E-state index in [0.717, 1.165) is 37.9 Å². The van der Waals surface area contributed by atoms with E-state index in [0.29, 0.717) is 0 Å². The molecular formula is C30H39NO3SSiSn. The van der Waals surface area contributed by atoms with Gasteiger partial charge in [-0.2, -0.15) is 0 Å².